The minimum atomic E-state index is -0.450. The van der Waals surface area contributed by atoms with Gasteiger partial charge in [0.2, 0.25) is 0 Å². The quantitative estimate of drug-likeness (QED) is 0.755. The first-order valence-corrected chi connectivity index (χ1v) is 7.85. The predicted molar refractivity (Wildman–Crippen MR) is 89.5 cm³/mol. The van der Waals surface area contributed by atoms with Gasteiger partial charge >= 0.3 is 0 Å². The Hall–Kier alpha value is -2.89. The van der Waals surface area contributed by atoms with E-state index in [9.17, 15) is 9.18 Å². The lowest BCUT2D eigenvalue weighted by Gasteiger charge is -2.22. The van der Waals surface area contributed by atoms with Crippen LogP contribution in [0.3, 0.4) is 0 Å². The standard InChI is InChI=1S/C18H17FN4O/c1-10-3-4-13(19)14(7-10)22-18(24)12-9-21-15-8-11(2)23-6-5-20-17(23)16(12)15/h3-7,9,11,21H,8H2,1-2H3,(H,22,24)/t11-/m1/s1. The molecule has 24 heavy (non-hydrogen) atoms. The van der Waals surface area contributed by atoms with Crippen molar-refractivity contribution in [2.45, 2.75) is 26.3 Å². The average Bonchev–Trinajstić information content (AvgIpc) is 3.17. The Morgan fingerprint density at radius 1 is 1.46 bits per heavy atom. The average molecular weight is 324 g/mol. The molecule has 1 aliphatic rings. The van der Waals surface area contributed by atoms with E-state index in [1.165, 1.54) is 6.07 Å². The number of H-pyrrole nitrogens is 1. The first-order chi connectivity index (χ1) is 11.5. The monoisotopic (exact) mass is 324 g/mol. The summed E-state index contributed by atoms with van der Waals surface area (Å²) in [5.74, 6) is -0.0329. The second kappa shape index (κ2) is 5.33. The van der Waals surface area contributed by atoms with Crippen LogP contribution in [0.1, 0.15) is 34.6 Å². The van der Waals surface area contributed by atoms with Crippen molar-refractivity contribution < 1.29 is 9.18 Å². The van der Waals surface area contributed by atoms with Crippen LogP contribution in [-0.4, -0.2) is 20.4 Å². The largest absolute Gasteiger partial charge is 0.364 e. The van der Waals surface area contributed by atoms with Crippen LogP contribution in [0.5, 0.6) is 0 Å². The van der Waals surface area contributed by atoms with Crippen LogP contribution in [0.2, 0.25) is 0 Å². The molecule has 0 saturated heterocycles. The lowest BCUT2D eigenvalue weighted by atomic mass is 10.0. The number of nitrogens with one attached hydrogen (secondary N) is 2. The maximum absolute atomic E-state index is 13.9. The first-order valence-electron chi connectivity index (χ1n) is 7.85. The minimum Gasteiger partial charge on any atom is -0.364 e. The Morgan fingerprint density at radius 3 is 3.12 bits per heavy atom. The summed E-state index contributed by atoms with van der Waals surface area (Å²) in [4.78, 5) is 20.3. The highest BCUT2D eigenvalue weighted by Crippen LogP contribution is 2.35. The van der Waals surface area contributed by atoms with Crippen LogP contribution in [0, 0.1) is 12.7 Å². The van der Waals surface area contributed by atoms with Gasteiger partial charge in [0.1, 0.15) is 11.6 Å². The van der Waals surface area contributed by atoms with Gasteiger partial charge in [0.15, 0.2) is 0 Å². The molecule has 0 unspecified atom stereocenters. The molecule has 6 heteroatoms. The van der Waals surface area contributed by atoms with Crippen molar-refractivity contribution in [2.75, 3.05) is 5.32 Å². The van der Waals surface area contributed by atoms with Crippen molar-refractivity contribution in [2.24, 2.45) is 0 Å². The summed E-state index contributed by atoms with van der Waals surface area (Å²) in [5, 5.41) is 2.67. The second-order valence-electron chi connectivity index (χ2n) is 6.20. The number of carbonyl (C=O) groups is 1. The molecule has 1 aliphatic heterocycles. The second-order valence-corrected chi connectivity index (χ2v) is 6.20. The summed E-state index contributed by atoms with van der Waals surface area (Å²) in [7, 11) is 0. The number of hydrogen-bond acceptors (Lipinski definition) is 2. The Labute approximate surface area is 138 Å². The topological polar surface area (TPSA) is 62.7 Å². The number of halogens is 1. The fourth-order valence-corrected chi connectivity index (χ4v) is 3.24. The number of nitrogens with zero attached hydrogens (tertiary/aromatic N) is 2. The van der Waals surface area contributed by atoms with E-state index in [-0.39, 0.29) is 17.6 Å². The third-order valence-corrected chi connectivity index (χ3v) is 4.44. The van der Waals surface area contributed by atoms with Gasteiger partial charge in [-0.1, -0.05) is 6.07 Å². The van der Waals surface area contributed by atoms with Crippen LogP contribution in [0.25, 0.3) is 11.4 Å². The number of hydrogen-bond donors (Lipinski definition) is 2. The molecule has 122 valence electrons. The van der Waals surface area contributed by atoms with Crippen molar-refractivity contribution >= 4 is 11.6 Å². The van der Waals surface area contributed by atoms with E-state index >= 15 is 0 Å². The smallest absolute Gasteiger partial charge is 0.258 e. The highest BCUT2D eigenvalue weighted by atomic mass is 19.1. The Bertz CT molecular complexity index is 940. The molecule has 0 bridgehead atoms. The number of aromatic nitrogens is 3. The maximum atomic E-state index is 13.9. The summed E-state index contributed by atoms with van der Waals surface area (Å²) >= 11 is 0. The number of carbonyl (C=O) groups excluding carboxylic acids is 1. The van der Waals surface area contributed by atoms with Gasteiger partial charge in [0, 0.05) is 36.7 Å². The summed E-state index contributed by atoms with van der Waals surface area (Å²) in [6.45, 7) is 3.96. The van der Waals surface area contributed by atoms with E-state index in [0.717, 1.165) is 29.1 Å². The molecule has 3 heterocycles. The number of imidazole rings is 1. The van der Waals surface area contributed by atoms with Gasteiger partial charge in [-0.2, -0.15) is 0 Å². The van der Waals surface area contributed by atoms with E-state index < -0.39 is 5.82 Å². The maximum Gasteiger partial charge on any atom is 0.258 e. The van der Waals surface area contributed by atoms with Crippen LogP contribution in [0.15, 0.2) is 36.8 Å². The SMILES string of the molecule is Cc1ccc(F)c(NC(=O)c2c[nH]c3c2-c2nccn2[C@H](C)C3)c1. The number of aryl methyl sites for hydroxylation is 1. The predicted octanol–water partition coefficient (Wildman–Crippen LogP) is 3.70. The molecule has 1 aromatic carbocycles. The molecule has 5 nitrogen and oxygen atoms in total. The number of amides is 1. The fraction of sp³-hybridized carbons (Fsp3) is 0.222. The van der Waals surface area contributed by atoms with Crippen LogP contribution >= 0.6 is 0 Å². The molecule has 1 atom stereocenters. The molecule has 1 amide bonds. The third kappa shape index (κ3) is 2.22. The molecular weight excluding hydrogens is 307 g/mol. The molecule has 0 spiro atoms. The molecule has 3 aromatic rings. The summed E-state index contributed by atoms with van der Waals surface area (Å²) in [6, 6.07) is 4.92. The molecule has 0 aliphatic carbocycles. The van der Waals surface area contributed by atoms with E-state index in [1.807, 2.05) is 13.1 Å². The minimum absolute atomic E-state index is 0.183. The molecular formula is C18H17FN4O. The van der Waals surface area contributed by atoms with E-state index in [1.54, 1.807) is 24.5 Å². The Kier molecular flexibility index (Phi) is 3.26. The van der Waals surface area contributed by atoms with Crippen molar-refractivity contribution in [3.63, 3.8) is 0 Å². The molecule has 0 saturated carbocycles. The highest BCUT2D eigenvalue weighted by molar-refractivity contribution is 6.09. The zero-order chi connectivity index (χ0) is 16.8. The number of rotatable bonds is 2. The lowest BCUT2D eigenvalue weighted by molar-refractivity contribution is 0.102. The van der Waals surface area contributed by atoms with Gasteiger partial charge in [-0.15, -0.1) is 0 Å². The van der Waals surface area contributed by atoms with Gasteiger partial charge in [-0.3, -0.25) is 4.79 Å². The van der Waals surface area contributed by atoms with E-state index in [2.05, 4.69) is 26.8 Å². The van der Waals surface area contributed by atoms with Crippen LogP contribution < -0.4 is 5.32 Å². The van der Waals surface area contributed by atoms with Crippen molar-refractivity contribution in [3.05, 3.63) is 59.4 Å². The number of anilines is 1. The van der Waals surface area contributed by atoms with Gasteiger partial charge < -0.3 is 14.9 Å². The fourth-order valence-electron chi connectivity index (χ4n) is 3.24. The van der Waals surface area contributed by atoms with Crippen LogP contribution in [-0.2, 0) is 6.42 Å². The van der Waals surface area contributed by atoms with Gasteiger partial charge in [0.05, 0.1) is 16.8 Å². The van der Waals surface area contributed by atoms with Gasteiger partial charge in [0.25, 0.3) is 5.91 Å². The van der Waals surface area contributed by atoms with Crippen molar-refractivity contribution in [3.8, 4) is 11.4 Å². The molecule has 2 N–H and O–H groups in total. The molecule has 0 fully saturated rings. The molecule has 4 rings (SSSR count). The first kappa shape index (κ1) is 14.7. The summed E-state index contributed by atoms with van der Waals surface area (Å²) in [5.41, 5.74) is 3.32. The van der Waals surface area contributed by atoms with Crippen molar-refractivity contribution in [1.82, 2.24) is 14.5 Å². The lowest BCUT2D eigenvalue weighted by Crippen LogP contribution is -2.18. The number of aromatic amines is 1. The number of benzene rings is 1. The normalized spacial score (nSPS) is 15.7. The molecule has 2 aromatic heterocycles. The van der Waals surface area contributed by atoms with Crippen LogP contribution in [0.4, 0.5) is 10.1 Å². The Morgan fingerprint density at radius 2 is 2.29 bits per heavy atom. The Balaban J connectivity index is 1.72. The van der Waals surface area contributed by atoms with E-state index in [0.29, 0.717) is 5.56 Å². The van der Waals surface area contributed by atoms with E-state index in [4.69, 9.17) is 0 Å². The summed E-state index contributed by atoms with van der Waals surface area (Å²) in [6.07, 6.45) is 6.11. The molecule has 0 radical (unpaired) electrons. The van der Waals surface area contributed by atoms with Crippen molar-refractivity contribution in [1.29, 1.82) is 0 Å². The van der Waals surface area contributed by atoms with Gasteiger partial charge in [-0.05, 0) is 31.5 Å². The zero-order valence-electron chi connectivity index (χ0n) is 13.4. The third-order valence-electron chi connectivity index (χ3n) is 4.44. The summed E-state index contributed by atoms with van der Waals surface area (Å²) < 4.78 is 16.0. The highest BCUT2D eigenvalue weighted by Gasteiger charge is 2.28. The van der Waals surface area contributed by atoms with Gasteiger partial charge in [-0.25, -0.2) is 9.37 Å². The zero-order valence-corrected chi connectivity index (χ0v) is 13.4. The number of fused-ring (bicyclic) bond motifs is 3.